The zero-order chi connectivity index (χ0) is 16.9. The predicted molar refractivity (Wildman–Crippen MR) is 96.8 cm³/mol. The van der Waals surface area contributed by atoms with Crippen LogP contribution in [0.4, 0.5) is 0 Å². The molecule has 2 unspecified atom stereocenters. The molecular formula is C17H30O4SSi. The van der Waals surface area contributed by atoms with Crippen molar-refractivity contribution in [3.05, 3.63) is 11.1 Å². The van der Waals surface area contributed by atoms with Crippen molar-refractivity contribution in [1.82, 2.24) is 0 Å². The predicted octanol–water partition coefficient (Wildman–Crippen LogP) is 3.65. The third-order valence-corrected chi connectivity index (χ3v) is 8.31. The maximum Gasteiger partial charge on any atom is 0.501 e. The molecule has 6 heteroatoms. The van der Waals surface area contributed by atoms with Gasteiger partial charge in [0.2, 0.25) is 0 Å². The second-order valence-electron chi connectivity index (χ2n) is 6.29. The van der Waals surface area contributed by atoms with E-state index in [0.717, 1.165) is 31.7 Å². The lowest BCUT2D eigenvalue weighted by atomic mass is 9.85. The summed E-state index contributed by atoms with van der Waals surface area (Å²) in [6.07, 6.45) is 4.10. The highest BCUT2D eigenvalue weighted by Crippen LogP contribution is 2.50. The first-order chi connectivity index (χ1) is 11.1. The molecule has 2 aliphatic rings. The highest BCUT2D eigenvalue weighted by Gasteiger charge is 2.44. The van der Waals surface area contributed by atoms with Gasteiger partial charge in [0.15, 0.2) is 0 Å². The lowest BCUT2D eigenvalue weighted by molar-refractivity contribution is -0.121. The number of thiol groups is 1. The summed E-state index contributed by atoms with van der Waals surface area (Å²) in [7, 11) is -2.55. The van der Waals surface area contributed by atoms with E-state index < -0.39 is 8.80 Å². The molecule has 0 amide bonds. The van der Waals surface area contributed by atoms with Crippen molar-refractivity contribution in [2.45, 2.75) is 52.5 Å². The summed E-state index contributed by atoms with van der Waals surface area (Å²) in [5.41, 5.74) is 3.02. The van der Waals surface area contributed by atoms with Gasteiger partial charge in [0.05, 0.1) is 0 Å². The molecule has 2 bridgehead atoms. The van der Waals surface area contributed by atoms with Gasteiger partial charge in [-0.05, 0) is 52.4 Å². The fraction of sp³-hybridized carbons (Fsp3) is 0.824. The third-order valence-electron chi connectivity index (χ3n) is 4.95. The highest BCUT2D eigenvalue weighted by molar-refractivity contribution is 7.81. The Kier molecular flexibility index (Phi) is 7.35. The van der Waals surface area contributed by atoms with Crippen LogP contribution in [0.3, 0.4) is 0 Å². The van der Waals surface area contributed by atoms with E-state index in [1.807, 2.05) is 20.8 Å². The summed E-state index contributed by atoms with van der Waals surface area (Å²) in [6.45, 7) is 7.85. The molecule has 4 nitrogen and oxygen atoms in total. The van der Waals surface area contributed by atoms with Crippen LogP contribution in [0.1, 0.15) is 46.5 Å². The van der Waals surface area contributed by atoms with E-state index in [2.05, 4.69) is 12.6 Å². The molecule has 1 saturated carbocycles. The minimum Gasteiger partial charge on any atom is -0.374 e. The largest absolute Gasteiger partial charge is 0.501 e. The van der Waals surface area contributed by atoms with Gasteiger partial charge in [0, 0.05) is 37.5 Å². The molecule has 2 rings (SSSR count). The summed E-state index contributed by atoms with van der Waals surface area (Å²) >= 11 is 4.15. The van der Waals surface area contributed by atoms with E-state index in [1.165, 1.54) is 11.1 Å². The van der Waals surface area contributed by atoms with Crippen molar-refractivity contribution >= 4 is 27.2 Å². The average Bonchev–Trinajstić information content (AvgIpc) is 3.13. The van der Waals surface area contributed by atoms with E-state index >= 15 is 0 Å². The summed E-state index contributed by atoms with van der Waals surface area (Å²) in [4.78, 5) is 11.9. The Hall–Kier alpha value is -0.143. The Morgan fingerprint density at radius 1 is 1.09 bits per heavy atom. The average molecular weight is 359 g/mol. The van der Waals surface area contributed by atoms with Crippen LogP contribution in [0.15, 0.2) is 11.1 Å². The quantitative estimate of drug-likeness (QED) is 0.348. The van der Waals surface area contributed by atoms with Gasteiger partial charge < -0.3 is 13.3 Å². The molecule has 0 aromatic heterocycles. The van der Waals surface area contributed by atoms with E-state index in [-0.39, 0.29) is 5.92 Å². The lowest BCUT2D eigenvalue weighted by Gasteiger charge is -2.29. The molecule has 0 aromatic rings. The van der Waals surface area contributed by atoms with E-state index in [0.29, 0.717) is 37.3 Å². The molecule has 0 saturated heterocycles. The number of Topliss-reactive ketones (excluding diaryl/α,β-unsaturated/α-hetero) is 1. The maximum atomic E-state index is 11.9. The van der Waals surface area contributed by atoms with Gasteiger partial charge in [0.1, 0.15) is 5.78 Å². The van der Waals surface area contributed by atoms with Crippen LogP contribution in [0.25, 0.3) is 0 Å². The molecule has 0 radical (unpaired) electrons. The first kappa shape index (κ1) is 19.2. The fourth-order valence-corrected chi connectivity index (χ4v) is 6.86. The van der Waals surface area contributed by atoms with Crippen LogP contribution in [-0.2, 0) is 18.1 Å². The normalized spacial score (nSPS) is 23.8. The topological polar surface area (TPSA) is 44.8 Å². The van der Waals surface area contributed by atoms with Crippen LogP contribution >= 0.6 is 12.6 Å². The minimum atomic E-state index is -2.55. The van der Waals surface area contributed by atoms with Crippen molar-refractivity contribution < 1.29 is 18.1 Å². The van der Waals surface area contributed by atoms with Gasteiger partial charge in [-0.15, -0.1) is 0 Å². The number of carbonyl (C=O) groups excluding carboxylic acids is 1. The van der Waals surface area contributed by atoms with Crippen molar-refractivity contribution in [3.8, 4) is 0 Å². The molecule has 23 heavy (non-hydrogen) atoms. The monoisotopic (exact) mass is 358 g/mol. The molecule has 0 N–H and O–H groups in total. The minimum absolute atomic E-state index is 0.221. The number of hydrogen-bond donors (Lipinski definition) is 1. The van der Waals surface area contributed by atoms with Crippen LogP contribution in [0, 0.1) is 11.8 Å². The van der Waals surface area contributed by atoms with Gasteiger partial charge in [-0.25, -0.2) is 0 Å². The van der Waals surface area contributed by atoms with Crippen molar-refractivity contribution in [2.75, 3.05) is 25.6 Å². The highest BCUT2D eigenvalue weighted by atomic mass is 32.1. The SMILES string of the molecule is CCO[Si](CCC1=C2CC(C1)C(C(=O)CS)C2)(OCC)OCC. The molecule has 0 heterocycles. The van der Waals surface area contributed by atoms with E-state index in [9.17, 15) is 4.79 Å². The number of ketones is 1. The Bertz CT molecular complexity index is 435. The number of hydrogen-bond acceptors (Lipinski definition) is 5. The smallest absolute Gasteiger partial charge is 0.374 e. The van der Waals surface area contributed by atoms with Gasteiger partial charge in [-0.3, -0.25) is 4.79 Å². The van der Waals surface area contributed by atoms with Crippen LogP contribution < -0.4 is 0 Å². The molecule has 0 spiro atoms. The molecule has 2 atom stereocenters. The van der Waals surface area contributed by atoms with Crippen molar-refractivity contribution in [1.29, 1.82) is 0 Å². The summed E-state index contributed by atoms with van der Waals surface area (Å²) < 4.78 is 17.8. The Balaban J connectivity index is 1.98. The molecule has 2 aliphatic carbocycles. The summed E-state index contributed by atoms with van der Waals surface area (Å²) in [5, 5.41) is 0. The van der Waals surface area contributed by atoms with Gasteiger partial charge in [0.25, 0.3) is 0 Å². The standard InChI is InChI=1S/C17H30O4SSi/c1-4-19-23(20-5-2,21-6-3)8-7-13-9-15-10-14(13)11-16(15)17(18)12-22/h15-16,22H,4-12H2,1-3H3. The van der Waals surface area contributed by atoms with Crippen molar-refractivity contribution in [2.24, 2.45) is 11.8 Å². The molecule has 0 aromatic carbocycles. The molecule has 132 valence electrons. The van der Waals surface area contributed by atoms with Gasteiger partial charge in [-0.2, -0.15) is 12.6 Å². The zero-order valence-electron chi connectivity index (χ0n) is 14.6. The number of rotatable bonds is 11. The Labute approximate surface area is 146 Å². The van der Waals surface area contributed by atoms with E-state index in [1.54, 1.807) is 0 Å². The lowest BCUT2D eigenvalue weighted by Crippen LogP contribution is -2.46. The summed E-state index contributed by atoms with van der Waals surface area (Å²) in [6, 6.07) is 0.846. The van der Waals surface area contributed by atoms with Gasteiger partial charge in [-0.1, -0.05) is 11.1 Å². The molecule has 1 fully saturated rings. The van der Waals surface area contributed by atoms with Crippen LogP contribution in [0.5, 0.6) is 0 Å². The van der Waals surface area contributed by atoms with Crippen molar-refractivity contribution in [3.63, 3.8) is 0 Å². The number of allylic oxidation sites excluding steroid dienone is 2. The number of carbonyl (C=O) groups is 1. The maximum absolute atomic E-state index is 11.9. The number of fused-ring (bicyclic) bond motifs is 2. The molecule has 0 aliphatic heterocycles. The Morgan fingerprint density at radius 2 is 1.70 bits per heavy atom. The van der Waals surface area contributed by atoms with Gasteiger partial charge >= 0.3 is 8.80 Å². The second-order valence-corrected chi connectivity index (χ2v) is 9.34. The first-order valence-electron chi connectivity index (χ1n) is 8.84. The second kappa shape index (κ2) is 8.81. The third kappa shape index (κ3) is 4.48. The fourth-order valence-electron chi connectivity index (χ4n) is 4.02. The van der Waals surface area contributed by atoms with E-state index in [4.69, 9.17) is 13.3 Å². The Morgan fingerprint density at radius 3 is 2.13 bits per heavy atom. The van der Waals surface area contributed by atoms with Crippen LogP contribution in [0.2, 0.25) is 6.04 Å². The zero-order valence-corrected chi connectivity index (χ0v) is 16.5. The first-order valence-corrected chi connectivity index (χ1v) is 11.4. The summed E-state index contributed by atoms with van der Waals surface area (Å²) in [5.74, 6) is 1.42. The molecular weight excluding hydrogens is 328 g/mol. The van der Waals surface area contributed by atoms with Crippen LogP contribution in [-0.4, -0.2) is 40.2 Å².